The zero-order chi connectivity index (χ0) is 19.8. The largest absolute Gasteiger partial charge is 0.465 e. The summed E-state index contributed by atoms with van der Waals surface area (Å²) in [4.78, 5) is 16.0. The van der Waals surface area contributed by atoms with Gasteiger partial charge in [-0.2, -0.15) is 13.2 Å². The van der Waals surface area contributed by atoms with Crippen molar-refractivity contribution < 1.29 is 27.4 Å². The van der Waals surface area contributed by atoms with Crippen LogP contribution in [-0.2, 0) is 15.1 Å². The minimum absolute atomic E-state index is 0.0388. The third kappa shape index (κ3) is 3.54. The second kappa shape index (κ2) is 7.14. The van der Waals surface area contributed by atoms with Crippen LogP contribution in [0, 0.1) is 0 Å². The van der Waals surface area contributed by atoms with Crippen molar-refractivity contribution in [3.05, 3.63) is 69.5 Å². The van der Waals surface area contributed by atoms with Crippen LogP contribution in [0.15, 0.2) is 42.6 Å². The highest BCUT2D eigenvalue weighted by Gasteiger charge is 2.58. The van der Waals surface area contributed by atoms with Gasteiger partial charge in [-0.3, -0.25) is 4.98 Å². The average molecular weight is 418 g/mol. The van der Waals surface area contributed by atoms with E-state index in [1.165, 1.54) is 31.5 Å². The Kier molecular flexibility index (Phi) is 5.20. The molecule has 1 unspecified atom stereocenters. The Morgan fingerprint density at radius 3 is 2.52 bits per heavy atom. The lowest BCUT2D eigenvalue weighted by atomic mass is 9.91. The fourth-order valence-corrected chi connectivity index (χ4v) is 3.38. The molecule has 27 heavy (non-hydrogen) atoms. The Bertz CT molecular complexity index is 910. The van der Waals surface area contributed by atoms with E-state index >= 15 is 0 Å². The van der Waals surface area contributed by atoms with Crippen molar-refractivity contribution in [2.75, 3.05) is 13.7 Å². The van der Waals surface area contributed by atoms with Gasteiger partial charge in [0.05, 0.1) is 25.0 Å². The maximum absolute atomic E-state index is 14.0. The number of hydrogen-bond acceptors (Lipinski definition) is 4. The van der Waals surface area contributed by atoms with Gasteiger partial charge in [-0.15, -0.1) is 0 Å². The second-order valence-electron chi connectivity index (χ2n) is 5.74. The number of rotatable bonds is 3. The summed E-state index contributed by atoms with van der Waals surface area (Å²) in [6.07, 6.45) is -2.54. The third-order valence-electron chi connectivity index (χ3n) is 4.06. The van der Waals surface area contributed by atoms with Crippen LogP contribution in [0.2, 0.25) is 10.0 Å². The van der Waals surface area contributed by atoms with E-state index < -0.39 is 24.4 Å². The van der Waals surface area contributed by atoms with E-state index in [1.54, 1.807) is 0 Å². The minimum atomic E-state index is -4.80. The number of methoxy groups -OCH3 is 1. The predicted molar refractivity (Wildman–Crippen MR) is 93.7 cm³/mol. The number of esters is 1. The summed E-state index contributed by atoms with van der Waals surface area (Å²) < 4.78 is 51.9. The molecule has 2 heterocycles. The number of benzene rings is 1. The number of ether oxygens (including phenoxy) is 2. The highest BCUT2D eigenvalue weighted by atomic mass is 35.5. The zero-order valence-corrected chi connectivity index (χ0v) is 15.3. The molecule has 0 saturated heterocycles. The fourth-order valence-electron chi connectivity index (χ4n) is 2.86. The monoisotopic (exact) mass is 417 g/mol. The van der Waals surface area contributed by atoms with Crippen LogP contribution in [0.3, 0.4) is 0 Å². The number of carbonyl (C=O) groups is 1. The molecule has 9 heteroatoms. The van der Waals surface area contributed by atoms with Gasteiger partial charge in [0.25, 0.3) is 0 Å². The number of carbonyl (C=O) groups excluding carboxylic acids is 1. The molecule has 4 nitrogen and oxygen atoms in total. The Labute approximate surface area is 162 Å². The minimum Gasteiger partial charge on any atom is -0.465 e. The fraction of sp³-hybridized carbons (Fsp3) is 0.222. The van der Waals surface area contributed by atoms with Crippen molar-refractivity contribution in [1.29, 1.82) is 0 Å². The van der Waals surface area contributed by atoms with Gasteiger partial charge in [0.1, 0.15) is 0 Å². The van der Waals surface area contributed by atoms with Crippen molar-refractivity contribution in [2.24, 2.45) is 0 Å². The highest BCUT2D eigenvalue weighted by molar-refractivity contribution is 6.34. The summed E-state index contributed by atoms with van der Waals surface area (Å²) in [7, 11) is 1.17. The average Bonchev–Trinajstić information content (AvgIpc) is 3.07. The molecule has 0 N–H and O–H groups in total. The smallest absolute Gasteiger partial charge is 0.425 e. The molecule has 0 spiro atoms. The summed E-state index contributed by atoms with van der Waals surface area (Å²) in [6, 6.07) is 6.50. The Balaban J connectivity index is 2.18. The molecule has 3 rings (SSSR count). The van der Waals surface area contributed by atoms with Crippen LogP contribution >= 0.6 is 23.2 Å². The SMILES string of the molecule is COC(=O)c1cccnc1C1=CC(c2cc(Cl)cc(Cl)c2)(C(F)(F)F)OC1. The van der Waals surface area contributed by atoms with Crippen molar-refractivity contribution >= 4 is 34.7 Å². The van der Waals surface area contributed by atoms with Gasteiger partial charge in [-0.25, -0.2) is 4.79 Å². The molecule has 1 aliphatic heterocycles. The molecule has 0 bridgehead atoms. The van der Waals surface area contributed by atoms with Gasteiger partial charge < -0.3 is 9.47 Å². The molecular formula is C18H12Cl2F3NO3. The van der Waals surface area contributed by atoms with Gasteiger partial charge in [0.2, 0.25) is 5.60 Å². The molecule has 0 fully saturated rings. The standard InChI is InChI=1S/C18H12Cl2F3NO3/c1-26-16(25)14-3-2-4-24-15(14)10-8-17(27-9-10,18(21,22)23)11-5-12(19)7-13(20)6-11/h2-8H,9H2,1H3. The zero-order valence-electron chi connectivity index (χ0n) is 13.8. The second-order valence-corrected chi connectivity index (χ2v) is 6.61. The summed E-state index contributed by atoms with van der Waals surface area (Å²) in [5, 5.41) is 0.0827. The number of pyridine rings is 1. The van der Waals surface area contributed by atoms with Crippen molar-refractivity contribution in [3.8, 4) is 0 Å². The molecular weight excluding hydrogens is 406 g/mol. The maximum atomic E-state index is 14.0. The number of hydrogen-bond donors (Lipinski definition) is 0. The van der Waals surface area contributed by atoms with Crippen LogP contribution < -0.4 is 0 Å². The maximum Gasteiger partial charge on any atom is 0.425 e. The lowest BCUT2D eigenvalue weighted by molar-refractivity contribution is -0.254. The molecule has 0 saturated carbocycles. The van der Waals surface area contributed by atoms with Crippen molar-refractivity contribution in [2.45, 2.75) is 11.8 Å². The van der Waals surface area contributed by atoms with E-state index in [9.17, 15) is 18.0 Å². The quantitative estimate of drug-likeness (QED) is 0.655. The summed E-state index contributed by atoms with van der Waals surface area (Å²) in [5.74, 6) is -0.714. The number of nitrogens with zero attached hydrogens (tertiary/aromatic N) is 1. The number of aromatic nitrogens is 1. The molecule has 0 aliphatic carbocycles. The first-order chi connectivity index (χ1) is 12.7. The lowest BCUT2D eigenvalue weighted by Crippen LogP contribution is -2.41. The van der Waals surface area contributed by atoms with E-state index in [0.717, 1.165) is 18.2 Å². The van der Waals surface area contributed by atoms with Crippen molar-refractivity contribution in [1.82, 2.24) is 4.98 Å². The van der Waals surface area contributed by atoms with E-state index in [2.05, 4.69) is 9.72 Å². The first-order valence-corrected chi connectivity index (χ1v) is 8.36. The Morgan fingerprint density at radius 1 is 1.26 bits per heavy atom. The summed E-state index contributed by atoms with van der Waals surface area (Å²) in [5.41, 5.74) is -2.83. The van der Waals surface area contributed by atoms with Crippen LogP contribution in [-0.4, -0.2) is 30.8 Å². The van der Waals surface area contributed by atoms with Crippen LogP contribution in [0.25, 0.3) is 5.57 Å². The molecule has 0 amide bonds. The number of halogens is 5. The van der Waals surface area contributed by atoms with Crippen LogP contribution in [0.4, 0.5) is 13.2 Å². The van der Waals surface area contributed by atoms with Crippen molar-refractivity contribution in [3.63, 3.8) is 0 Å². The normalized spacial score (nSPS) is 19.7. The topological polar surface area (TPSA) is 48.4 Å². The molecule has 1 aromatic heterocycles. The molecule has 1 atom stereocenters. The summed E-state index contributed by atoms with van der Waals surface area (Å²) in [6.45, 7) is -0.412. The number of alkyl halides is 3. The molecule has 2 aromatic rings. The lowest BCUT2D eigenvalue weighted by Gasteiger charge is -2.30. The predicted octanol–water partition coefficient (Wildman–Crippen LogP) is 5.05. The Hall–Kier alpha value is -2.09. The van der Waals surface area contributed by atoms with E-state index in [-0.39, 0.29) is 32.4 Å². The van der Waals surface area contributed by atoms with E-state index in [4.69, 9.17) is 27.9 Å². The molecule has 142 valence electrons. The summed E-state index contributed by atoms with van der Waals surface area (Å²) >= 11 is 11.8. The first kappa shape index (κ1) is 19.7. The van der Waals surface area contributed by atoms with E-state index in [0.29, 0.717) is 0 Å². The highest BCUT2D eigenvalue weighted by Crippen LogP contribution is 2.49. The van der Waals surface area contributed by atoms with Gasteiger partial charge in [0.15, 0.2) is 0 Å². The van der Waals surface area contributed by atoms with Gasteiger partial charge in [-0.05, 0) is 42.0 Å². The van der Waals surface area contributed by atoms with Gasteiger partial charge in [-0.1, -0.05) is 23.2 Å². The van der Waals surface area contributed by atoms with Gasteiger partial charge >= 0.3 is 12.1 Å². The Morgan fingerprint density at radius 2 is 1.93 bits per heavy atom. The molecule has 1 aliphatic rings. The van der Waals surface area contributed by atoms with Gasteiger partial charge in [0, 0.05) is 21.8 Å². The first-order valence-electron chi connectivity index (χ1n) is 7.60. The third-order valence-corrected chi connectivity index (χ3v) is 4.50. The van der Waals surface area contributed by atoms with E-state index in [1.807, 2.05) is 0 Å². The van der Waals surface area contributed by atoms with Crippen LogP contribution in [0.1, 0.15) is 21.6 Å². The molecule has 1 aromatic carbocycles. The molecule has 0 radical (unpaired) electrons. The van der Waals surface area contributed by atoms with Crippen LogP contribution in [0.5, 0.6) is 0 Å².